The van der Waals surface area contributed by atoms with Gasteiger partial charge in [0.2, 0.25) is 0 Å². The first kappa shape index (κ1) is 20.2. The van der Waals surface area contributed by atoms with Crippen LogP contribution in [0.15, 0.2) is 12.1 Å². The van der Waals surface area contributed by atoms with E-state index in [0.29, 0.717) is 17.4 Å². The monoisotopic (exact) mass is 653 g/mol. The lowest BCUT2D eigenvalue weighted by Crippen LogP contribution is -2.48. The maximum Gasteiger partial charge on any atom is 0.339 e. The van der Waals surface area contributed by atoms with Crippen LogP contribution in [0.5, 0.6) is 0 Å². The minimum Gasteiger partial charge on any atom is -0.456 e. The van der Waals surface area contributed by atoms with Crippen LogP contribution in [0.3, 0.4) is 0 Å². The van der Waals surface area contributed by atoms with Crippen molar-refractivity contribution in [3.05, 3.63) is 28.4 Å². The standard InChI is InChI=1S/C17H22I3NO2/c1-10-9-21(4)6-5-13(10)17(2,3)23-16(22)12-7-11(18)8-14(19)15(12)20/h7-8,10,13H,5-6,9H2,1-4H3. The van der Waals surface area contributed by atoms with Crippen LogP contribution in [0.2, 0.25) is 0 Å². The molecule has 0 spiro atoms. The number of hydrogen-bond donors (Lipinski definition) is 0. The fourth-order valence-corrected chi connectivity index (χ4v) is 5.84. The third-order valence-corrected chi connectivity index (χ3v) is 8.24. The number of rotatable bonds is 3. The molecule has 128 valence electrons. The molecule has 0 bridgehead atoms. The molecule has 1 saturated heterocycles. The Hall–Kier alpha value is 0.840. The molecule has 0 aliphatic carbocycles. The topological polar surface area (TPSA) is 29.5 Å². The molecule has 0 aromatic heterocycles. The number of piperidine rings is 1. The Kier molecular flexibility index (Phi) is 7.03. The van der Waals surface area contributed by atoms with Gasteiger partial charge in [-0.25, -0.2) is 4.79 Å². The Morgan fingerprint density at radius 3 is 2.57 bits per heavy atom. The summed E-state index contributed by atoms with van der Waals surface area (Å²) >= 11 is 6.75. The van der Waals surface area contributed by atoms with E-state index in [9.17, 15) is 4.79 Å². The number of likely N-dealkylation sites (tertiary alicyclic amines) is 1. The van der Waals surface area contributed by atoms with Gasteiger partial charge < -0.3 is 9.64 Å². The predicted molar refractivity (Wildman–Crippen MR) is 119 cm³/mol. The number of nitrogens with zero attached hydrogens (tertiary/aromatic N) is 1. The normalized spacial score (nSPS) is 22.9. The van der Waals surface area contributed by atoms with Gasteiger partial charge in [0.05, 0.1) is 5.56 Å². The number of carbonyl (C=O) groups is 1. The van der Waals surface area contributed by atoms with E-state index in [1.807, 2.05) is 6.07 Å². The Bertz CT molecular complexity index is 604. The molecule has 0 amide bonds. The Morgan fingerprint density at radius 1 is 1.30 bits per heavy atom. The molecule has 1 aromatic carbocycles. The summed E-state index contributed by atoms with van der Waals surface area (Å²) in [4.78, 5) is 15.1. The van der Waals surface area contributed by atoms with Crippen molar-refractivity contribution in [3.8, 4) is 0 Å². The SMILES string of the molecule is CC1CN(C)CCC1C(C)(C)OC(=O)c1cc(I)cc(I)c1I. The summed E-state index contributed by atoms with van der Waals surface area (Å²) in [5.74, 6) is 0.704. The summed E-state index contributed by atoms with van der Waals surface area (Å²) in [6, 6.07) is 3.99. The lowest BCUT2D eigenvalue weighted by molar-refractivity contribution is -0.0598. The van der Waals surface area contributed by atoms with Gasteiger partial charge in [0.1, 0.15) is 5.60 Å². The van der Waals surface area contributed by atoms with Gasteiger partial charge in [-0.15, -0.1) is 0 Å². The number of hydrogen-bond acceptors (Lipinski definition) is 3. The highest BCUT2D eigenvalue weighted by molar-refractivity contribution is 14.1. The molecule has 1 aromatic rings. The number of carbonyl (C=O) groups excluding carboxylic acids is 1. The van der Waals surface area contributed by atoms with E-state index in [4.69, 9.17) is 4.74 Å². The highest BCUT2D eigenvalue weighted by Crippen LogP contribution is 2.35. The molecule has 0 radical (unpaired) electrons. The molecule has 1 fully saturated rings. The Morgan fingerprint density at radius 2 is 1.96 bits per heavy atom. The lowest BCUT2D eigenvalue weighted by atomic mass is 9.76. The van der Waals surface area contributed by atoms with Gasteiger partial charge in [-0.2, -0.15) is 0 Å². The number of halogens is 3. The number of ether oxygens (including phenoxy) is 1. The summed E-state index contributed by atoms with van der Waals surface area (Å²) in [5.41, 5.74) is 0.226. The van der Waals surface area contributed by atoms with E-state index >= 15 is 0 Å². The summed E-state index contributed by atoms with van der Waals surface area (Å²) in [5, 5.41) is 0. The lowest BCUT2D eigenvalue weighted by Gasteiger charge is -2.43. The van der Waals surface area contributed by atoms with Crippen molar-refractivity contribution >= 4 is 73.7 Å². The molecule has 2 rings (SSSR count). The van der Waals surface area contributed by atoms with Crippen LogP contribution in [0.4, 0.5) is 0 Å². The van der Waals surface area contributed by atoms with Gasteiger partial charge in [0.15, 0.2) is 0 Å². The van der Waals surface area contributed by atoms with E-state index in [0.717, 1.165) is 30.2 Å². The quantitative estimate of drug-likeness (QED) is 0.261. The minimum atomic E-state index is -0.451. The molecule has 2 unspecified atom stereocenters. The average molecular weight is 653 g/mol. The second-order valence-corrected chi connectivity index (χ2v) is 10.4. The molecule has 3 nitrogen and oxygen atoms in total. The minimum absolute atomic E-state index is 0.207. The van der Waals surface area contributed by atoms with Crippen LogP contribution >= 0.6 is 67.8 Å². The smallest absolute Gasteiger partial charge is 0.339 e. The van der Waals surface area contributed by atoms with Crippen molar-refractivity contribution in [1.29, 1.82) is 0 Å². The van der Waals surface area contributed by atoms with Crippen molar-refractivity contribution in [2.24, 2.45) is 11.8 Å². The second-order valence-electron chi connectivity index (χ2n) is 6.88. The molecule has 6 heteroatoms. The van der Waals surface area contributed by atoms with Gasteiger partial charge >= 0.3 is 5.97 Å². The molecule has 23 heavy (non-hydrogen) atoms. The summed E-state index contributed by atoms with van der Waals surface area (Å²) in [6.45, 7) is 8.50. The molecule has 0 N–H and O–H groups in total. The fourth-order valence-electron chi connectivity index (χ4n) is 3.46. The molecule has 2 atom stereocenters. The van der Waals surface area contributed by atoms with E-state index in [1.165, 1.54) is 0 Å². The fraction of sp³-hybridized carbons (Fsp3) is 0.588. The van der Waals surface area contributed by atoms with E-state index in [-0.39, 0.29) is 5.97 Å². The molecular formula is C17H22I3NO2. The number of benzene rings is 1. The Balaban J connectivity index is 2.19. The molecule has 1 aliphatic rings. The van der Waals surface area contributed by atoms with Crippen LogP contribution < -0.4 is 0 Å². The van der Waals surface area contributed by atoms with Crippen LogP contribution in [-0.4, -0.2) is 36.6 Å². The van der Waals surface area contributed by atoms with E-state index < -0.39 is 5.60 Å². The van der Waals surface area contributed by atoms with E-state index in [2.05, 4.69) is 107 Å². The molecule has 1 aliphatic heterocycles. The zero-order valence-electron chi connectivity index (χ0n) is 13.8. The third kappa shape index (κ3) is 4.93. The predicted octanol–water partition coefficient (Wildman–Crippen LogP) is 5.02. The van der Waals surface area contributed by atoms with Crippen molar-refractivity contribution in [2.45, 2.75) is 32.8 Å². The van der Waals surface area contributed by atoms with Crippen LogP contribution in [0.1, 0.15) is 37.6 Å². The maximum absolute atomic E-state index is 12.8. The zero-order chi connectivity index (χ0) is 17.4. The number of esters is 1. The van der Waals surface area contributed by atoms with Crippen LogP contribution in [0.25, 0.3) is 0 Å². The van der Waals surface area contributed by atoms with Crippen LogP contribution in [-0.2, 0) is 4.74 Å². The van der Waals surface area contributed by atoms with Crippen molar-refractivity contribution in [2.75, 3.05) is 20.1 Å². The second kappa shape index (κ2) is 8.03. The van der Waals surface area contributed by atoms with Crippen LogP contribution in [0, 0.1) is 22.5 Å². The molecule has 0 saturated carbocycles. The van der Waals surface area contributed by atoms with E-state index in [1.54, 1.807) is 0 Å². The highest BCUT2D eigenvalue weighted by atomic mass is 127. The van der Waals surface area contributed by atoms with Gasteiger partial charge in [0.25, 0.3) is 0 Å². The average Bonchev–Trinajstić information content (AvgIpc) is 2.41. The Labute approximate surface area is 179 Å². The van der Waals surface area contributed by atoms with Crippen molar-refractivity contribution in [1.82, 2.24) is 4.90 Å². The van der Waals surface area contributed by atoms with Gasteiger partial charge in [-0.1, -0.05) is 6.92 Å². The summed E-state index contributed by atoms with van der Waals surface area (Å²) < 4.78 is 9.11. The maximum atomic E-state index is 12.8. The van der Waals surface area contributed by atoms with Crippen molar-refractivity contribution in [3.63, 3.8) is 0 Å². The van der Waals surface area contributed by atoms with Gasteiger partial charge in [-0.05, 0) is 120 Å². The van der Waals surface area contributed by atoms with Gasteiger partial charge in [-0.3, -0.25) is 0 Å². The summed E-state index contributed by atoms with van der Waals surface area (Å²) in [7, 11) is 2.15. The largest absolute Gasteiger partial charge is 0.456 e. The van der Waals surface area contributed by atoms with Crippen molar-refractivity contribution < 1.29 is 9.53 Å². The first-order chi connectivity index (χ1) is 10.6. The molecule has 1 heterocycles. The zero-order valence-corrected chi connectivity index (χ0v) is 20.3. The van der Waals surface area contributed by atoms with Gasteiger partial charge in [0, 0.05) is 23.2 Å². The highest BCUT2D eigenvalue weighted by Gasteiger charge is 2.39. The first-order valence-electron chi connectivity index (χ1n) is 7.68. The first-order valence-corrected chi connectivity index (χ1v) is 10.9. The summed E-state index contributed by atoms with van der Waals surface area (Å²) in [6.07, 6.45) is 1.07. The molecular weight excluding hydrogens is 631 g/mol. The third-order valence-electron chi connectivity index (χ3n) is 4.57.